The van der Waals surface area contributed by atoms with E-state index in [2.05, 4.69) is 325 Å². The molecule has 16 aromatic carbocycles. The lowest BCUT2D eigenvalue weighted by molar-refractivity contribution is 0.628. The van der Waals surface area contributed by atoms with E-state index in [1.165, 1.54) is 33.0 Å². The Morgan fingerprint density at radius 1 is 0.214 bits per heavy atom. The minimum absolute atomic E-state index is 0.320. The largest absolute Gasteiger partial charge is 0.307 e. The smallest absolute Gasteiger partial charge is 0.147 e. The Bertz CT molecular complexity index is 5390. The molecule has 3 aliphatic rings. The molecule has 0 heterocycles. The van der Waals surface area contributed by atoms with Crippen molar-refractivity contribution in [2.45, 2.75) is 10.8 Å². The number of hydrogen-bond donors (Lipinski definition) is 0. The lowest BCUT2D eigenvalue weighted by Gasteiger charge is -2.34. The highest BCUT2D eigenvalue weighted by molar-refractivity contribution is 6.27. The first-order chi connectivity index (χ1) is 48.5. The van der Waals surface area contributed by atoms with Crippen molar-refractivity contribution >= 4 is 55.7 Å². The number of benzene rings is 16. The molecule has 0 spiro atoms. The number of rotatable bonds is 12. The van der Waals surface area contributed by atoms with Gasteiger partial charge in [-0.1, -0.05) is 303 Å². The monoisotopic (exact) mass is 1250 g/mol. The third-order valence-electron chi connectivity index (χ3n) is 21.1. The molecule has 0 aliphatic heterocycles. The summed E-state index contributed by atoms with van der Waals surface area (Å²) >= 11 is 0. The molecule has 3 aliphatic carbocycles. The lowest BCUT2D eigenvalue weighted by atomic mass is 9.68. The van der Waals surface area contributed by atoms with Crippen molar-refractivity contribution < 1.29 is 8.78 Å². The van der Waals surface area contributed by atoms with Crippen LogP contribution in [0.25, 0.3) is 88.3 Å². The highest BCUT2D eigenvalue weighted by atomic mass is 19.1. The first-order valence-electron chi connectivity index (χ1n) is 33.6. The minimum Gasteiger partial charge on any atom is -0.307 e. The van der Waals surface area contributed by atoms with E-state index in [1.54, 1.807) is 24.3 Å². The summed E-state index contributed by atoms with van der Waals surface area (Å²) in [5.41, 5.74) is 25.7. The molecule has 98 heavy (non-hydrogen) atoms. The Hall–Kier alpha value is -12.5. The third-order valence-corrected chi connectivity index (χ3v) is 21.1. The summed E-state index contributed by atoms with van der Waals surface area (Å²) in [6.07, 6.45) is 0. The summed E-state index contributed by atoms with van der Waals surface area (Å²) in [4.78, 5) is 4.24. The maximum Gasteiger partial charge on any atom is 0.147 e. The van der Waals surface area contributed by atoms with Gasteiger partial charge in [0.05, 0.1) is 33.6 Å². The molecule has 460 valence electrons. The van der Waals surface area contributed by atoms with E-state index in [0.717, 1.165) is 123 Å². The molecule has 2 nitrogen and oxygen atoms in total. The molecule has 0 fully saturated rings. The Morgan fingerprint density at radius 3 is 0.908 bits per heavy atom. The van der Waals surface area contributed by atoms with Gasteiger partial charge >= 0.3 is 0 Å². The highest BCUT2D eigenvalue weighted by Crippen LogP contribution is 2.63. The molecular formula is C94H60F2N2. The fraction of sp³-hybridized carbons (Fsp3) is 0.0213. The summed E-state index contributed by atoms with van der Waals surface area (Å²) in [6.45, 7) is 0. The molecule has 0 N–H and O–H groups in total. The van der Waals surface area contributed by atoms with Gasteiger partial charge in [0.2, 0.25) is 0 Å². The number of halogens is 2. The van der Waals surface area contributed by atoms with Gasteiger partial charge in [0.25, 0.3) is 0 Å². The Labute approximate surface area is 568 Å². The molecule has 0 saturated heterocycles. The van der Waals surface area contributed by atoms with Crippen LogP contribution >= 0.6 is 0 Å². The van der Waals surface area contributed by atoms with Gasteiger partial charge in [-0.25, -0.2) is 8.78 Å². The highest BCUT2D eigenvalue weighted by Gasteiger charge is 2.49. The van der Waals surface area contributed by atoms with Crippen LogP contribution in [0.1, 0.15) is 44.5 Å². The number of anilines is 6. The van der Waals surface area contributed by atoms with Gasteiger partial charge in [-0.3, -0.25) is 0 Å². The average molecular weight is 1260 g/mol. The molecule has 0 aromatic heterocycles. The summed E-state index contributed by atoms with van der Waals surface area (Å²) in [5, 5.41) is 4.60. The second kappa shape index (κ2) is 22.6. The number of para-hydroxylation sites is 2. The molecule has 0 unspecified atom stereocenters. The predicted octanol–water partition coefficient (Wildman–Crippen LogP) is 24.9. The van der Waals surface area contributed by atoms with E-state index in [1.807, 2.05) is 24.3 Å². The van der Waals surface area contributed by atoms with Crippen molar-refractivity contribution in [3.05, 3.63) is 420 Å². The van der Waals surface area contributed by atoms with Gasteiger partial charge in [-0.2, -0.15) is 0 Å². The number of nitrogens with zero attached hydrogens (tertiary/aromatic N) is 2. The normalized spacial score (nSPS) is 13.2. The van der Waals surface area contributed by atoms with Crippen LogP contribution in [-0.4, -0.2) is 0 Å². The van der Waals surface area contributed by atoms with Crippen molar-refractivity contribution in [3.63, 3.8) is 0 Å². The van der Waals surface area contributed by atoms with Crippen LogP contribution < -0.4 is 9.80 Å². The van der Waals surface area contributed by atoms with Crippen molar-refractivity contribution in [1.29, 1.82) is 0 Å². The van der Waals surface area contributed by atoms with Crippen LogP contribution in [0.3, 0.4) is 0 Å². The van der Waals surface area contributed by atoms with Gasteiger partial charge in [0.1, 0.15) is 11.6 Å². The summed E-state index contributed by atoms with van der Waals surface area (Å²) < 4.78 is 34.1. The van der Waals surface area contributed by atoms with Crippen molar-refractivity contribution in [1.82, 2.24) is 0 Å². The SMILES string of the molecule is Fc1ccccc1N(c1ccc(-c2c3c(c(-c4ccc(N(c5ccccc5F)c5cccc6c5-c5ccccc5C6(c5ccccc5)c5ccccc5)cc4)c4ccccc24)-c2cccc4cccc-3c24)cc1)c1cccc2c1-c1ccccc1C2(c1ccccc1)c1ccccc1. The van der Waals surface area contributed by atoms with Gasteiger partial charge in [-0.15, -0.1) is 0 Å². The maximum atomic E-state index is 17.0. The molecule has 16 aromatic rings. The summed E-state index contributed by atoms with van der Waals surface area (Å²) in [5.74, 6) is -0.640. The van der Waals surface area contributed by atoms with E-state index in [9.17, 15) is 0 Å². The van der Waals surface area contributed by atoms with Gasteiger partial charge in [-0.05, 0) is 182 Å². The van der Waals surface area contributed by atoms with E-state index >= 15 is 8.78 Å². The van der Waals surface area contributed by atoms with E-state index in [0.29, 0.717) is 11.4 Å². The average Bonchev–Trinajstić information content (AvgIpc) is 1.54. The zero-order chi connectivity index (χ0) is 65.1. The molecule has 0 atom stereocenters. The summed E-state index contributed by atoms with van der Waals surface area (Å²) in [7, 11) is 0. The van der Waals surface area contributed by atoms with Gasteiger partial charge in [0.15, 0.2) is 0 Å². The zero-order valence-electron chi connectivity index (χ0n) is 53.3. The number of hydrogen-bond acceptors (Lipinski definition) is 2. The molecule has 0 amide bonds. The van der Waals surface area contributed by atoms with Crippen molar-refractivity contribution in [2.75, 3.05) is 9.80 Å². The fourth-order valence-electron chi connectivity index (χ4n) is 17.3. The standard InChI is InChI=1S/C94H60F2N2/c95-80-47-19-21-49-82(80)97(84-51-25-45-78-89(84)72-39-15-17-43-76(72)93(78,64-29-5-1-6-30-64)65-31-7-2-8-32-65)68-57-53-62(54-58-68)87-70-37-13-14-38-71(70)88(92-75-42-24-28-61-27-23-41-74(86(61)75)91(87)92)63-55-59-69(60-56-63)98(83-50-22-20-48-81(83)96)85-52-26-46-79-90(85)73-40-16-18-44-77(73)94(79,66-33-9-3-10-34-66)67-35-11-4-12-36-67/h1-60H. The molecular weight excluding hydrogens is 1200 g/mol. The topological polar surface area (TPSA) is 6.48 Å². The van der Waals surface area contributed by atoms with Crippen molar-refractivity contribution in [2.24, 2.45) is 0 Å². The van der Waals surface area contributed by atoms with E-state index in [4.69, 9.17) is 0 Å². The molecule has 0 saturated carbocycles. The summed E-state index contributed by atoms with van der Waals surface area (Å²) in [6, 6.07) is 128. The zero-order valence-corrected chi connectivity index (χ0v) is 53.3. The predicted molar refractivity (Wildman–Crippen MR) is 401 cm³/mol. The first-order valence-corrected chi connectivity index (χ1v) is 33.6. The van der Waals surface area contributed by atoms with Crippen LogP contribution in [0.4, 0.5) is 42.9 Å². The van der Waals surface area contributed by atoms with Crippen LogP contribution in [-0.2, 0) is 10.8 Å². The van der Waals surface area contributed by atoms with Gasteiger partial charge in [0, 0.05) is 22.5 Å². The molecule has 19 rings (SSSR count). The van der Waals surface area contributed by atoms with Crippen LogP contribution in [0.5, 0.6) is 0 Å². The lowest BCUT2D eigenvalue weighted by Crippen LogP contribution is -2.28. The maximum absolute atomic E-state index is 17.0. The Kier molecular flexibility index (Phi) is 13.1. The van der Waals surface area contributed by atoms with Crippen LogP contribution in [0.2, 0.25) is 0 Å². The first kappa shape index (κ1) is 57.0. The second-order valence-corrected chi connectivity index (χ2v) is 25.9. The third kappa shape index (κ3) is 8.25. The quantitative estimate of drug-likeness (QED) is 0.120. The van der Waals surface area contributed by atoms with E-state index < -0.39 is 10.8 Å². The van der Waals surface area contributed by atoms with Crippen LogP contribution in [0, 0.1) is 11.6 Å². The number of fused-ring (bicyclic) bond motifs is 10. The van der Waals surface area contributed by atoms with Crippen LogP contribution in [0.15, 0.2) is 364 Å². The second-order valence-electron chi connectivity index (χ2n) is 25.9. The fourth-order valence-corrected chi connectivity index (χ4v) is 17.3. The van der Waals surface area contributed by atoms with Gasteiger partial charge < -0.3 is 9.80 Å². The molecule has 0 radical (unpaired) electrons. The molecule has 4 heteroatoms. The Balaban J connectivity index is 0.786. The van der Waals surface area contributed by atoms with Crippen molar-refractivity contribution in [3.8, 4) is 66.8 Å². The van der Waals surface area contributed by atoms with E-state index in [-0.39, 0.29) is 11.6 Å². The molecule has 0 bridgehead atoms. The minimum atomic E-state index is -0.649. The Morgan fingerprint density at radius 2 is 0.520 bits per heavy atom.